The zero-order valence-corrected chi connectivity index (χ0v) is 54.4. The van der Waals surface area contributed by atoms with Crippen LogP contribution in [0.2, 0.25) is 5.02 Å². The number of Topliss-reactive ketones (excluding diaryl/α,β-unsaturated/α-hetero) is 1. The Hall–Kier alpha value is -7.81. The average Bonchev–Trinajstić information content (AvgIpc) is 2.37. The number of rotatable bonds is 20. The van der Waals surface area contributed by atoms with Gasteiger partial charge in [-0.1, -0.05) is 157 Å². The van der Waals surface area contributed by atoms with E-state index in [9.17, 15) is 50.7 Å². The smallest absolute Gasteiger partial charge is 0.343 e. The lowest BCUT2D eigenvalue weighted by atomic mass is 10.0. The van der Waals surface area contributed by atoms with Crippen LogP contribution < -0.4 is 20.9 Å². The van der Waals surface area contributed by atoms with Crippen LogP contribution in [0.3, 0.4) is 0 Å². The lowest BCUT2D eigenvalue weighted by Crippen LogP contribution is -2.32. The number of ketones is 1. The fourth-order valence-electron chi connectivity index (χ4n) is 6.84. The van der Waals surface area contributed by atoms with Crippen LogP contribution in [0.15, 0.2) is 132 Å². The zero-order chi connectivity index (χ0) is 67.1. The van der Waals surface area contributed by atoms with Gasteiger partial charge in [0, 0.05) is 46.7 Å². The largest absolute Gasteiger partial charge is 0.489 e. The van der Waals surface area contributed by atoms with E-state index < -0.39 is 58.8 Å². The number of hydrogen-bond donors (Lipinski definition) is 4. The number of thiocarbonyl (C=S) groups is 1. The molecule has 0 aliphatic rings. The van der Waals surface area contributed by atoms with Crippen molar-refractivity contribution in [3.05, 3.63) is 189 Å². The number of benzene rings is 5. The molecule has 0 aliphatic carbocycles. The molecule has 2 heterocycles. The molecule has 0 fully saturated rings. The first-order valence-electron chi connectivity index (χ1n) is 26.6. The number of thiazole rings is 2. The summed E-state index contributed by atoms with van der Waals surface area (Å²) in [6, 6.07) is 31.9. The summed E-state index contributed by atoms with van der Waals surface area (Å²) in [5.74, 6) is -17.2. The average molecular weight is 1380 g/mol. The van der Waals surface area contributed by atoms with Gasteiger partial charge in [-0.3, -0.25) is 24.0 Å². The minimum Gasteiger partial charge on any atom is -0.489 e. The third-order valence-electron chi connectivity index (χ3n) is 11.3. The Morgan fingerprint density at radius 1 is 0.652 bits per heavy atom. The van der Waals surface area contributed by atoms with Gasteiger partial charge in [0.25, 0.3) is 0 Å². The molecule has 0 saturated carbocycles. The van der Waals surface area contributed by atoms with Crippen LogP contribution in [0.25, 0.3) is 21.1 Å². The van der Waals surface area contributed by atoms with Gasteiger partial charge in [-0.25, -0.2) is 27.9 Å². The Balaban J connectivity index is 0.000000378. The quantitative estimate of drug-likeness (QED) is 0.00808. The summed E-state index contributed by atoms with van der Waals surface area (Å²) >= 11 is 16.7. The van der Waals surface area contributed by atoms with Crippen molar-refractivity contribution < 1.29 is 79.9 Å². The number of ether oxygens (including phenoxy) is 4. The second-order valence-corrected chi connectivity index (χ2v) is 22.5. The SMILES string of the molecule is C=C(C)C[C@H](C)C(=O)OC.CC(C)Oc1ccc(C(=O)Oc2c(F)c(F)c(F)c(F)c2F)cc1Cl.COC(=O)[C@@H](C)CC(=O)CBr.C[C@@H](Cc1csc(-c2ccccc2)n1)C(=O)O.NC(=S)c1ccccc1.N[C@@H](Cc1csc(-c2ccccc2)n1)C(=O)O. The number of hydrogen-bond acceptors (Lipinski definition) is 16. The Bertz CT molecular complexity index is 3330. The molecule has 0 saturated heterocycles. The molecule has 6 N–H and O–H groups in total. The maximum atomic E-state index is 13.5. The lowest BCUT2D eigenvalue weighted by molar-refractivity contribution is -0.146. The van der Waals surface area contributed by atoms with E-state index in [2.05, 4.69) is 46.7 Å². The molecule has 16 nitrogen and oxygen atoms in total. The highest BCUT2D eigenvalue weighted by molar-refractivity contribution is 9.09. The second kappa shape index (κ2) is 40.0. The third-order valence-corrected chi connectivity index (χ3v) is 14.4. The number of methoxy groups -OCH3 is 2. The normalized spacial score (nSPS) is 11.6. The molecule has 0 spiro atoms. The standard InChI is InChI=1S/C16H10ClF5O3.C13H13NO2S.C12H12N2O2S.C8H14O2.C7H11BrO3.C7H7NS/c1-6(2)24-9-4-3-7(5-8(9)17)16(23)25-15-13(21)11(19)10(18)12(20)14(15)22;1-9(13(15)16)7-11-8-17-12(14-11)10-5-3-2-4-6-10;13-10(12(15)16)6-9-7-17-11(14-9)8-4-2-1-3-5-8;1-6(2)5-7(3)8(9)10-4;1-5(7(10)11-2)3-6(9)4-8;8-7(9)6-4-2-1-3-5-6/h3-6H,1-2H3;2-6,8-9H,7H2,1H3,(H,15,16);1-5,7,10H,6,13H2,(H,15,16);7H,1,5H2,2-4H3;5H,3-4H2,1-2H3;1-5H,(H2,8,9)/t;9-;10-;7-;5-;/m.0000./s1. The number of aromatic nitrogens is 2. The summed E-state index contributed by atoms with van der Waals surface area (Å²) in [4.78, 5) is 74.9. The molecule has 4 atom stereocenters. The predicted molar refractivity (Wildman–Crippen MR) is 341 cm³/mol. The van der Waals surface area contributed by atoms with E-state index in [-0.39, 0.29) is 70.8 Å². The molecule has 0 unspecified atom stereocenters. The van der Waals surface area contributed by atoms with Crippen LogP contribution in [-0.4, -0.2) is 92.5 Å². The third kappa shape index (κ3) is 27.6. The molecule has 2 aromatic heterocycles. The second-order valence-electron chi connectivity index (χ2n) is 19.3. The van der Waals surface area contributed by atoms with E-state index in [4.69, 9.17) is 50.2 Å². The van der Waals surface area contributed by atoms with Crippen molar-refractivity contribution in [3.63, 3.8) is 0 Å². The molecule has 26 heteroatoms. The lowest BCUT2D eigenvalue weighted by Gasteiger charge is -2.12. The Kier molecular flexibility index (Phi) is 34.7. The number of aliphatic carboxylic acids is 2. The summed E-state index contributed by atoms with van der Waals surface area (Å²) in [6.45, 7) is 14.3. The number of carboxylic acids is 2. The number of carbonyl (C=O) groups is 6. The number of allylic oxidation sites excluding steroid dienone is 1. The van der Waals surface area contributed by atoms with Crippen molar-refractivity contribution in [2.24, 2.45) is 29.2 Å². The van der Waals surface area contributed by atoms with Gasteiger partial charge < -0.3 is 40.6 Å². The van der Waals surface area contributed by atoms with Crippen LogP contribution in [0, 0.1) is 46.8 Å². The van der Waals surface area contributed by atoms with E-state index in [0.29, 0.717) is 23.2 Å². The van der Waals surface area contributed by atoms with Crippen LogP contribution >= 0.6 is 62.4 Å². The summed E-state index contributed by atoms with van der Waals surface area (Å²) in [7, 11) is 2.72. The van der Waals surface area contributed by atoms with E-state index in [0.717, 1.165) is 55.8 Å². The maximum Gasteiger partial charge on any atom is 0.343 e. The monoisotopic (exact) mass is 1380 g/mol. The first-order valence-corrected chi connectivity index (χ1v) is 30.3. The van der Waals surface area contributed by atoms with Gasteiger partial charge in [0.2, 0.25) is 34.8 Å². The minimum absolute atomic E-state index is 0.000520. The van der Waals surface area contributed by atoms with Crippen LogP contribution in [0.4, 0.5) is 22.0 Å². The molecule has 0 bridgehead atoms. The summed E-state index contributed by atoms with van der Waals surface area (Å²) in [6.07, 6.45) is 1.51. The number of nitrogens with two attached hydrogens (primary N) is 2. The van der Waals surface area contributed by atoms with Crippen molar-refractivity contribution >= 4 is 103 Å². The summed E-state index contributed by atoms with van der Waals surface area (Å²) in [5.41, 5.74) is 16.2. The van der Waals surface area contributed by atoms with Crippen molar-refractivity contribution in [2.45, 2.75) is 79.4 Å². The van der Waals surface area contributed by atoms with Crippen molar-refractivity contribution in [3.8, 4) is 32.6 Å². The predicted octanol–water partition coefficient (Wildman–Crippen LogP) is 14.1. The molecular weight excluding hydrogens is 1310 g/mol. The molecule has 89 heavy (non-hydrogen) atoms. The van der Waals surface area contributed by atoms with Crippen LogP contribution in [0.1, 0.15) is 81.7 Å². The highest BCUT2D eigenvalue weighted by Gasteiger charge is 2.29. The van der Waals surface area contributed by atoms with E-state index in [1.807, 2.05) is 116 Å². The van der Waals surface area contributed by atoms with Gasteiger partial charge in [-0.2, -0.15) is 8.78 Å². The van der Waals surface area contributed by atoms with E-state index in [1.165, 1.54) is 31.6 Å². The zero-order valence-electron chi connectivity index (χ0n) is 49.6. The molecule has 5 aromatic carbocycles. The minimum atomic E-state index is -2.35. The first kappa shape index (κ1) is 77.3. The van der Waals surface area contributed by atoms with Gasteiger partial charge in [0.1, 0.15) is 32.6 Å². The Morgan fingerprint density at radius 2 is 1.09 bits per heavy atom. The molecule has 7 aromatic rings. The Morgan fingerprint density at radius 3 is 1.47 bits per heavy atom. The number of nitrogens with zero attached hydrogens (tertiary/aromatic N) is 2. The topological polar surface area (TPSA) is 258 Å². The van der Waals surface area contributed by atoms with E-state index in [1.54, 1.807) is 39.0 Å². The van der Waals surface area contributed by atoms with Crippen molar-refractivity contribution in [1.82, 2.24) is 9.97 Å². The molecule has 7 rings (SSSR count). The van der Waals surface area contributed by atoms with Gasteiger partial charge in [0.05, 0.1) is 65.4 Å². The number of esters is 3. The highest BCUT2D eigenvalue weighted by Crippen LogP contribution is 2.32. The van der Waals surface area contributed by atoms with E-state index >= 15 is 0 Å². The molecule has 478 valence electrons. The molecule has 0 radical (unpaired) electrons. The fourth-order valence-corrected chi connectivity index (χ4v) is 9.10. The van der Waals surface area contributed by atoms with Gasteiger partial charge in [-0.05, 0) is 45.4 Å². The summed E-state index contributed by atoms with van der Waals surface area (Å²) in [5, 5.41) is 23.5. The highest BCUT2D eigenvalue weighted by atomic mass is 79.9. The van der Waals surface area contributed by atoms with Gasteiger partial charge >= 0.3 is 29.8 Å². The Labute approximate surface area is 539 Å². The molecule has 0 aliphatic heterocycles. The number of halogens is 7. The molecular formula is C63H67BrClF5N4O12S3. The number of carbonyl (C=O) groups excluding carboxylic acids is 4. The van der Waals surface area contributed by atoms with Crippen LogP contribution in [0.5, 0.6) is 11.5 Å². The number of alkyl halides is 1. The first-order chi connectivity index (χ1) is 41.9. The van der Waals surface area contributed by atoms with Crippen molar-refractivity contribution in [2.75, 3.05) is 19.5 Å². The van der Waals surface area contributed by atoms with Crippen LogP contribution in [-0.2, 0) is 46.3 Å². The number of carboxylic acid groups (broad SMARTS) is 2. The maximum absolute atomic E-state index is 13.5. The van der Waals surface area contributed by atoms with Gasteiger partial charge in [-0.15, -0.1) is 29.3 Å². The fraction of sp³-hybridized carbons (Fsp3) is 0.286. The molecule has 0 amide bonds. The van der Waals surface area contributed by atoms with Crippen molar-refractivity contribution in [1.29, 1.82) is 0 Å². The van der Waals surface area contributed by atoms with Gasteiger partial charge in [0.15, 0.2) is 0 Å². The summed E-state index contributed by atoms with van der Waals surface area (Å²) < 4.78 is 84.8.